The van der Waals surface area contributed by atoms with Gasteiger partial charge in [-0.1, -0.05) is 25.5 Å². The molecule has 0 aliphatic rings. The Balaban J connectivity index is 2.16. The van der Waals surface area contributed by atoms with Crippen LogP contribution < -0.4 is 11.1 Å². The van der Waals surface area contributed by atoms with Crippen LogP contribution in [0.1, 0.15) is 46.9 Å². The topological polar surface area (TPSA) is 77.2 Å². The number of aryl methyl sites for hydroxylation is 1. The molecule has 0 radical (unpaired) electrons. The van der Waals surface area contributed by atoms with Crippen LogP contribution in [0.25, 0.3) is 0 Å². The molecule has 0 aliphatic carbocycles. The number of ether oxygens (including phenoxy) is 1. The second-order valence-corrected chi connectivity index (χ2v) is 5.81. The molecule has 1 aromatic carbocycles. The predicted molar refractivity (Wildman–Crippen MR) is 97.4 cm³/mol. The van der Waals surface area contributed by atoms with E-state index in [0.717, 1.165) is 48.3 Å². The van der Waals surface area contributed by atoms with Crippen LogP contribution in [-0.4, -0.2) is 24.6 Å². The van der Waals surface area contributed by atoms with Gasteiger partial charge in [0.2, 0.25) is 0 Å². The number of hydrogen-bond acceptors (Lipinski definition) is 5. The number of methoxy groups -OCH3 is 1. The van der Waals surface area contributed by atoms with Gasteiger partial charge >= 0.3 is 5.97 Å². The van der Waals surface area contributed by atoms with Crippen molar-refractivity contribution in [3.63, 3.8) is 0 Å². The lowest BCUT2D eigenvalue weighted by atomic mass is 10.0. The molecule has 0 aliphatic heterocycles. The maximum Gasteiger partial charge on any atom is 0.337 e. The second kappa shape index (κ2) is 8.34. The number of esters is 1. The molecule has 1 heterocycles. The van der Waals surface area contributed by atoms with Gasteiger partial charge in [0, 0.05) is 12.2 Å². The van der Waals surface area contributed by atoms with Crippen LogP contribution in [0.5, 0.6) is 0 Å². The molecule has 0 spiro atoms. The number of nitrogens with one attached hydrogen (secondary N) is 1. The van der Waals surface area contributed by atoms with Crippen LogP contribution in [0.3, 0.4) is 0 Å². The van der Waals surface area contributed by atoms with Gasteiger partial charge in [0.15, 0.2) is 0 Å². The summed E-state index contributed by atoms with van der Waals surface area (Å²) in [5, 5.41) is 3.35. The maximum atomic E-state index is 11.5. The molecule has 2 rings (SSSR count). The zero-order valence-electron chi connectivity index (χ0n) is 14.6. The van der Waals surface area contributed by atoms with E-state index in [1.165, 1.54) is 7.11 Å². The number of carbonyl (C=O) groups is 1. The highest BCUT2D eigenvalue weighted by molar-refractivity contribution is 5.89. The first-order valence-electron chi connectivity index (χ1n) is 8.22. The highest BCUT2D eigenvalue weighted by Gasteiger charge is 2.09. The van der Waals surface area contributed by atoms with E-state index in [4.69, 9.17) is 10.5 Å². The molecule has 24 heavy (non-hydrogen) atoms. The summed E-state index contributed by atoms with van der Waals surface area (Å²) in [5.41, 5.74) is 10.6. The third-order valence-electron chi connectivity index (χ3n) is 3.96. The van der Waals surface area contributed by atoms with Crippen molar-refractivity contribution in [2.24, 2.45) is 0 Å². The smallest absolute Gasteiger partial charge is 0.337 e. The van der Waals surface area contributed by atoms with Crippen molar-refractivity contribution < 1.29 is 9.53 Å². The van der Waals surface area contributed by atoms with Gasteiger partial charge < -0.3 is 15.8 Å². The van der Waals surface area contributed by atoms with E-state index in [9.17, 15) is 4.79 Å². The average Bonchev–Trinajstić information content (AvgIpc) is 2.59. The summed E-state index contributed by atoms with van der Waals surface area (Å²) in [7, 11) is 1.38. The Kier molecular flexibility index (Phi) is 6.18. The summed E-state index contributed by atoms with van der Waals surface area (Å²) < 4.78 is 4.72. The number of nitrogens with two attached hydrogens (primary N) is 1. The van der Waals surface area contributed by atoms with E-state index in [0.29, 0.717) is 11.4 Å². The molecule has 0 saturated carbocycles. The number of nitrogen functional groups attached to an aromatic ring is 1. The molecular formula is C19H25N3O2. The molecule has 5 nitrogen and oxygen atoms in total. The monoisotopic (exact) mass is 327 g/mol. The van der Waals surface area contributed by atoms with Crippen molar-refractivity contribution in [1.29, 1.82) is 0 Å². The number of rotatable bonds is 7. The lowest BCUT2D eigenvalue weighted by Crippen LogP contribution is -2.08. The fourth-order valence-electron chi connectivity index (χ4n) is 2.48. The van der Waals surface area contributed by atoms with Crippen molar-refractivity contribution in [2.75, 3.05) is 24.7 Å². The van der Waals surface area contributed by atoms with E-state index >= 15 is 0 Å². The molecule has 0 unspecified atom stereocenters. The third-order valence-corrected chi connectivity index (χ3v) is 3.96. The number of nitrogens with zero attached hydrogens (tertiary/aromatic N) is 1. The molecule has 0 amide bonds. The van der Waals surface area contributed by atoms with Gasteiger partial charge in [0.25, 0.3) is 0 Å². The Morgan fingerprint density at radius 1 is 1.29 bits per heavy atom. The summed E-state index contributed by atoms with van der Waals surface area (Å²) in [4.78, 5) is 15.9. The predicted octanol–water partition coefficient (Wildman–Crippen LogP) is 3.56. The molecule has 0 bridgehead atoms. The summed E-state index contributed by atoms with van der Waals surface area (Å²) in [6, 6.07) is 9.50. The van der Waals surface area contributed by atoms with Gasteiger partial charge in [-0.05, 0) is 49.1 Å². The molecule has 5 heteroatoms. The SMILES string of the molecule is CCCCNc1cc(Cc2ccc(C(=O)OC)cc2)c(C)nc1N. The third kappa shape index (κ3) is 4.47. The summed E-state index contributed by atoms with van der Waals surface area (Å²) in [5.74, 6) is 0.211. The lowest BCUT2D eigenvalue weighted by molar-refractivity contribution is 0.0600. The second-order valence-electron chi connectivity index (χ2n) is 5.81. The van der Waals surface area contributed by atoms with Gasteiger partial charge in [-0.15, -0.1) is 0 Å². The zero-order chi connectivity index (χ0) is 17.5. The van der Waals surface area contributed by atoms with Crippen LogP contribution in [0.15, 0.2) is 30.3 Å². The molecule has 1 aromatic heterocycles. The highest BCUT2D eigenvalue weighted by atomic mass is 16.5. The Bertz CT molecular complexity index is 697. The number of anilines is 2. The number of benzene rings is 1. The summed E-state index contributed by atoms with van der Waals surface area (Å²) in [6.07, 6.45) is 2.96. The fourth-order valence-corrected chi connectivity index (χ4v) is 2.48. The van der Waals surface area contributed by atoms with E-state index < -0.39 is 0 Å². The van der Waals surface area contributed by atoms with E-state index in [2.05, 4.69) is 23.3 Å². The Morgan fingerprint density at radius 3 is 2.62 bits per heavy atom. The standard InChI is InChI=1S/C19H25N3O2/c1-4-5-10-21-17-12-16(13(2)22-18(17)20)11-14-6-8-15(9-7-14)19(23)24-3/h6-9,12,21H,4-5,10-11H2,1-3H3,(H2,20,22). The van der Waals surface area contributed by atoms with E-state index in [1.807, 2.05) is 19.1 Å². The Morgan fingerprint density at radius 2 is 2.00 bits per heavy atom. The average molecular weight is 327 g/mol. The first-order chi connectivity index (χ1) is 11.5. The maximum absolute atomic E-state index is 11.5. The molecule has 0 fully saturated rings. The largest absolute Gasteiger partial charge is 0.465 e. The molecule has 0 atom stereocenters. The lowest BCUT2D eigenvalue weighted by Gasteiger charge is -2.13. The quantitative estimate of drug-likeness (QED) is 0.600. The summed E-state index contributed by atoms with van der Waals surface area (Å²) in [6.45, 7) is 5.00. The molecular weight excluding hydrogens is 302 g/mol. The van der Waals surface area contributed by atoms with Crippen LogP contribution in [0.2, 0.25) is 0 Å². The minimum atomic E-state index is -0.325. The Labute approximate surface area is 143 Å². The van der Waals surface area contributed by atoms with Gasteiger partial charge in [-0.2, -0.15) is 0 Å². The fraction of sp³-hybridized carbons (Fsp3) is 0.368. The zero-order valence-corrected chi connectivity index (χ0v) is 14.6. The number of aromatic nitrogens is 1. The Hall–Kier alpha value is -2.56. The summed E-state index contributed by atoms with van der Waals surface area (Å²) >= 11 is 0. The van der Waals surface area contributed by atoms with Crippen molar-refractivity contribution in [3.8, 4) is 0 Å². The molecule has 128 valence electrons. The highest BCUT2D eigenvalue weighted by Crippen LogP contribution is 2.22. The number of unbranched alkanes of at least 4 members (excludes halogenated alkanes) is 1. The van der Waals surface area contributed by atoms with Crippen LogP contribution in [-0.2, 0) is 11.2 Å². The molecule has 0 saturated heterocycles. The number of carbonyl (C=O) groups excluding carboxylic acids is 1. The minimum absolute atomic E-state index is 0.325. The van der Waals surface area contributed by atoms with Crippen molar-refractivity contribution in [2.45, 2.75) is 33.1 Å². The van der Waals surface area contributed by atoms with Gasteiger partial charge in [0.1, 0.15) is 5.82 Å². The van der Waals surface area contributed by atoms with Gasteiger partial charge in [-0.3, -0.25) is 0 Å². The van der Waals surface area contributed by atoms with Crippen molar-refractivity contribution >= 4 is 17.5 Å². The van der Waals surface area contributed by atoms with Crippen LogP contribution in [0, 0.1) is 6.92 Å². The number of hydrogen-bond donors (Lipinski definition) is 2. The first kappa shape index (κ1) is 17.8. The van der Waals surface area contributed by atoms with Gasteiger partial charge in [0.05, 0.1) is 18.4 Å². The van der Waals surface area contributed by atoms with Gasteiger partial charge in [-0.25, -0.2) is 9.78 Å². The van der Waals surface area contributed by atoms with E-state index in [1.54, 1.807) is 12.1 Å². The van der Waals surface area contributed by atoms with Crippen molar-refractivity contribution in [3.05, 3.63) is 52.7 Å². The van der Waals surface area contributed by atoms with E-state index in [-0.39, 0.29) is 5.97 Å². The minimum Gasteiger partial charge on any atom is -0.465 e. The number of pyridine rings is 1. The molecule has 2 aromatic rings. The van der Waals surface area contributed by atoms with Crippen molar-refractivity contribution in [1.82, 2.24) is 4.98 Å². The normalized spacial score (nSPS) is 10.5. The van der Waals surface area contributed by atoms with Crippen LogP contribution >= 0.6 is 0 Å². The molecule has 3 N–H and O–H groups in total. The van der Waals surface area contributed by atoms with Crippen LogP contribution in [0.4, 0.5) is 11.5 Å². The first-order valence-corrected chi connectivity index (χ1v) is 8.22.